The summed E-state index contributed by atoms with van der Waals surface area (Å²) in [5.74, 6) is 1.11. The summed E-state index contributed by atoms with van der Waals surface area (Å²) in [6.07, 6.45) is 0. The monoisotopic (exact) mass is 411 g/mol. The van der Waals surface area contributed by atoms with Crippen LogP contribution in [0, 0.1) is 0 Å². The normalized spacial score (nSPS) is 10.6. The van der Waals surface area contributed by atoms with E-state index in [9.17, 15) is 4.79 Å². The second-order valence-corrected chi connectivity index (χ2v) is 7.23. The summed E-state index contributed by atoms with van der Waals surface area (Å²) in [6.45, 7) is 0.277. The molecule has 0 atom stereocenters. The summed E-state index contributed by atoms with van der Waals surface area (Å²) < 4.78 is 11.3. The van der Waals surface area contributed by atoms with Crippen molar-refractivity contribution in [2.45, 2.75) is 6.61 Å². The molecule has 2 heterocycles. The van der Waals surface area contributed by atoms with Crippen LogP contribution in [0.25, 0.3) is 11.3 Å². The first-order valence-electron chi connectivity index (χ1n) is 8.35. The van der Waals surface area contributed by atoms with Gasteiger partial charge in [0.2, 0.25) is 5.13 Å². The number of hydrogen-bond acceptors (Lipinski definition) is 6. The number of anilines is 1. The van der Waals surface area contributed by atoms with Gasteiger partial charge in [0.1, 0.15) is 18.1 Å². The zero-order chi connectivity index (χ0) is 19.3. The highest BCUT2D eigenvalue weighted by Crippen LogP contribution is 2.25. The molecule has 6 nitrogen and oxygen atoms in total. The van der Waals surface area contributed by atoms with Crippen LogP contribution in [0.2, 0.25) is 5.02 Å². The molecule has 0 fully saturated rings. The van der Waals surface area contributed by atoms with E-state index in [1.165, 1.54) is 11.3 Å². The number of halogens is 1. The Hall–Kier alpha value is -3.16. The third kappa shape index (κ3) is 4.39. The van der Waals surface area contributed by atoms with Gasteiger partial charge in [-0.3, -0.25) is 10.1 Å². The number of carbonyl (C=O) groups excluding carboxylic acids is 1. The largest absolute Gasteiger partial charge is 0.486 e. The van der Waals surface area contributed by atoms with Crippen molar-refractivity contribution in [2.75, 3.05) is 5.32 Å². The first kappa shape index (κ1) is 18.2. The molecular formula is C20H14ClN3O3S. The minimum Gasteiger partial charge on any atom is -0.486 e. The number of nitrogens with zero attached hydrogens (tertiary/aromatic N) is 2. The summed E-state index contributed by atoms with van der Waals surface area (Å²) in [7, 11) is 0. The summed E-state index contributed by atoms with van der Waals surface area (Å²) in [4.78, 5) is 12.4. The van der Waals surface area contributed by atoms with Gasteiger partial charge in [0, 0.05) is 10.6 Å². The minimum absolute atomic E-state index is 0.183. The van der Waals surface area contributed by atoms with E-state index in [0.717, 1.165) is 11.3 Å². The van der Waals surface area contributed by atoms with Crippen molar-refractivity contribution < 1.29 is 13.9 Å². The van der Waals surface area contributed by atoms with Gasteiger partial charge in [-0.05, 0) is 48.5 Å². The van der Waals surface area contributed by atoms with Gasteiger partial charge in [0.25, 0.3) is 5.91 Å². The van der Waals surface area contributed by atoms with Crippen molar-refractivity contribution in [3.8, 4) is 17.1 Å². The van der Waals surface area contributed by atoms with Crippen LogP contribution in [0.4, 0.5) is 5.13 Å². The van der Waals surface area contributed by atoms with E-state index < -0.39 is 5.91 Å². The Morgan fingerprint density at radius 3 is 2.61 bits per heavy atom. The lowest BCUT2D eigenvalue weighted by Crippen LogP contribution is -2.10. The molecule has 0 saturated heterocycles. The maximum atomic E-state index is 12.4. The molecule has 0 unspecified atom stereocenters. The van der Waals surface area contributed by atoms with Crippen molar-refractivity contribution in [3.63, 3.8) is 0 Å². The molecule has 0 saturated carbocycles. The van der Waals surface area contributed by atoms with Crippen molar-refractivity contribution in [3.05, 3.63) is 82.5 Å². The van der Waals surface area contributed by atoms with Crippen molar-refractivity contribution in [1.82, 2.24) is 10.2 Å². The molecule has 0 aliphatic rings. The number of para-hydroxylation sites is 1. The molecule has 2 aromatic carbocycles. The first-order valence-corrected chi connectivity index (χ1v) is 9.54. The van der Waals surface area contributed by atoms with Crippen LogP contribution in [-0.4, -0.2) is 16.1 Å². The second-order valence-electron chi connectivity index (χ2n) is 5.73. The van der Waals surface area contributed by atoms with Gasteiger partial charge in [0.05, 0.1) is 0 Å². The lowest BCUT2D eigenvalue weighted by Gasteiger charge is -2.01. The zero-order valence-corrected chi connectivity index (χ0v) is 16.0. The molecule has 2 aromatic heterocycles. The number of rotatable bonds is 6. The van der Waals surface area contributed by atoms with Crippen LogP contribution in [0.1, 0.15) is 15.6 Å². The number of hydrogen-bond donors (Lipinski definition) is 1. The molecule has 1 N–H and O–H groups in total. The SMILES string of the molecule is O=C(Nc1nnc(COc2ccccc2)s1)c1ccc(-c2ccc(Cl)cc2)o1. The number of carbonyl (C=O) groups is 1. The molecule has 28 heavy (non-hydrogen) atoms. The predicted molar refractivity (Wildman–Crippen MR) is 108 cm³/mol. The van der Waals surface area contributed by atoms with E-state index in [1.807, 2.05) is 42.5 Å². The molecule has 0 aliphatic carbocycles. The van der Waals surface area contributed by atoms with Crippen LogP contribution in [0.5, 0.6) is 5.75 Å². The third-order valence-corrected chi connectivity index (χ3v) is 4.82. The lowest BCUT2D eigenvalue weighted by molar-refractivity contribution is 0.0997. The highest BCUT2D eigenvalue weighted by molar-refractivity contribution is 7.15. The summed E-state index contributed by atoms with van der Waals surface area (Å²) in [5.41, 5.74) is 0.833. The molecule has 8 heteroatoms. The fourth-order valence-electron chi connectivity index (χ4n) is 2.41. The maximum absolute atomic E-state index is 12.4. The topological polar surface area (TPSA) is 77.2 Å². The Morgan fingerprint density at radius 2 is 1.82 bits per heavy atom. The van der Waals surface area contributed by atoms with Gasteiger partial charge in [-0.25, -0.2) is 0 Å². The van der Waals surface area contributed by atoms with E-state index in [2.05, 4.69) is 15.5 Å². The molecule has 0 radical (unpaired) electrons. The number of nitrogens with one attached hydrogen (secondary N) is 1. The van der Waals surface area contributed by atoms with Crippen molar-refractivity contribution in [1.29, 1.82) is 0 Å². The standard InChI is InChI=1S/C20H14ClN3O3S/c21-14-8-6-13(7-9-14)16-10-11-17(27-16)19(25)22-20-24-23-18(28-20)12-26-15-4-2-1-3-5-15/h1-11H,12H2,(H,22,24,25). The van der Waals surface area contributed by atoms with Crippen molar-refractivity contribution in [2.24, 2.45) is 0 Å². The number of benzene rings is 2. The minimum atomic E-state index is -0.396. The van der Waals surface area contributed by atoms with Gasteiger partial charge in [0.15, 0.2) is 10.8 Å². The smallest absolute Gasteiger partial charge is 0.293 e. The summed E-state index contributed by atoms with van der Waals surface area (Å²) in [6, 6.07) is 19.9. The highest BCUT2D eigenvalue weighted by Gasteiger charge is 2.15. The fourth-order valence-corrected chi connectivity index (χ4v) is 3.19. The molecule has 1 amide bonds. The van der Waals surface area contributed by atoms with Crippen LogP contribution < -0.4 is 10.1 Å². The zero-order valence-electron chi connectivity index (χ0n) is 14.5. The average molecular weight is 412 g/mol. The van der Waals surface area contributed by atoms with E-state index in [-0.39, 0.29) is 12.4 Å². The van der Waals surface area contributed by atoms with Gasteiger partial charge in [-0.1, -0.05) is 41.1 Å². The fraction of sp³-hybridized carbons (Fsp3) is 0.0500. The van der Waals surface area contributed by atoms with Crippen LogP contribution >= 0.6 is 22.9 Å². The van der Waals surface area contributed by atoms with E-state index >= 15 is 0 Å². The molecule has 0 spiro atoms. The first-order chi connectivity index (χ1) is 13.7. The van der Waals surface area contributed by atoms with E-state index in [1.54, 1.807) is 24.3 Å². The molecule has 4 aromatic rings. The molecular weight excluding hydrogens is 398 g/mol. The Bertz CT molecular complexity index is 1080. The number of furan rings is 1. The quantitative estimate of drug-likeness (QED) is 0.467. The predicted octanol–water partition coefficient (Wildman–Crippen LogP) is 5.28. The Kier molecular flexibility index (Phi) is 5.36. The third-order valence-electron chi connectivity index (χ3n) is 3.75. The Balaban J connectivity index is 1.37. The average Bonchev–Trinajstić information content (AvgIpc) is 3.38. The van der Waals surface area contributed by atoms with Crippen molar-refractivity contribution >= 4 is 34.0 Å². The lowest BCUT2D eigenvalue weighted by atomic mass is 10.2. The Morgan fingerprint density at radius 1 is 1.04 bits per heavy atom. The van der Waals surface area contributed by atoms with E-state index in [4.69, 9.17) is 20.8 Å². The second kappa shape index (κ2) is 8.24. The molecule has 4 rings (SSSR count). The number of amides is 1. The Labute approximate surface area is 169 Å². The maximum Gasteiger partial charge on any atom is 0.293 e. The van der Waals surface area contributed by atoms with Gasteiger partial charge >= 0.3 is 0 Å². The number of ether oxygens (including phenoxy) is 1. The molecule has 0 bridgehead atoms. The number of aromatic nitrogens is 2. The van der Waals surface area contributed by atoms with Crippen LogP contribution in [0.3, 0.4) is 0 Å². The summed E-state index contributed by atoms with van der Waals surface area (Å²) in [5, 5.41) is 12.3. The van der Waals surface area contributed by atoms with Crippen LogP contribution in [0.15, 0.2) is 71.1 Å². The van der Waals surface area contributed by atoms with Gasteiger partial charge in [-0.15, -0.1) is 10.2 Å². The molecule has 140 valence electrons. The van der Waals surface area contributed by atoms with E-state index in [0.29, 0.717) is 20.9 Å². The van der Waals surface area contributed by atoms with Gasteiger partial charge < -0.3 is 9.15 Å². The highest BCUT2D eigenvalue weighted by atomic mass is 35.5. The summed E-state index contributed by atoms with van der Waals surface area (Å²) >= 11 is 7.13. The molecule has 0 aliphatic heterocycles. The van der Waals surface area contributed by atoms with Gasteiger partial charge in [-0.2, -0.15) is 0 Å². The van der Waals surface area contributed by atoms with Crippen LogP contribution in [-0.2, 0) is 6.61 Å².